The van der Waals surface area contributed by atoms with Crippen molar-refractivity contribution in [2.45, 2.75) is 45.1 Å². The molecule has 1 aromatic carbocycles. The van der Waals surface area contributed by atoms with Gasteiger partial charge < -0.3 is 4.90 Å². The molecule has 21 heavy (non-hydrogen) atoms. The molecule has 2 rings (SSSR count). The lowest BCUT2D eigenvalue weighted by molar-refractivity contribution is -0.384. The van der Waals surface area contributed by atoms with Crippen molar-refractivity contribution >= 4 is 23.2 Å². The van der Waals surface area contributed by atoms with E-state index in [1.807, 2.05) is 4.90 Å². The average Bonchev–Trinajstić information content (AvgIpc) is 2.71. The van der Waals surface area contributed by atoms with Crippen LogP contribution in [0.1, 0.15) is 49.4 Å². The SMILES string of the molecule is CCC1CCCCCN1C(=O)c1cc([N+](=O)[O-])ccc1Cl. The van der Waals surface area contributed by atoms with Crippen molar-refractivity contribution in [2.75, 3.05) is 6.54 Å². The van der Waals surface area contributed by atoms with Gasteiger partial charge in [0.1, 0.15) is 0 Å². The summed E-state index contributed by atoms with van der Waals surface area (Å²) in [6.07, 6.45) is 5.07. The van der Waals surface area contributed by atoms with Crippen molar-refractivity contribution in [3.8, 4) is 0 Å². The van der Waals surface area contributed by atoms with E-state index in [1.165, 1.54) is 18.2 Å². The number of hydrogen-bond acceptors (Lipinski definition) is 3. The topological polar surface area (TPSA) is 63.5 Å². The molecule has 1 fully saturated rings. The fraction of sp³-hybridized carbons (Fsp3) is 0.533. The van der Waals surface area contributed by atoms with Gasteiger partial charge in [0.25, 0.3) is 11.6 Å². The van der Waals surface area contributed by atoms with Gasteiger partial charge in [0, 0.05) is 24.7 Å². The molecule has 1 heterocycles. The molecule has 0 aromatic heterocycles. The third-order valence-corrected chi connectivity index (χ3v) is 4.33. The van der Waals surface area contributed by atoms with Gasteiger partial charge in [0.2, 0.25) is 0 Å². The molecule has 1 amide bonds. The van der Waals surface area contributed by atoms with E-state index in [4.69, 9.17) is 11.6 Å². The molecule has 1 atom stereocenters. The maximum atomic E-state index is 12.7. The van der Waals surface area contributed by atoms with E-state index in [-0.39, 0.29) is 28.2 Å². The van der Waals surface area contributed by atoms with Gasteiger partial charge in [-0.2, -0.15) is 0 Å². The van der Waals surface area contributed by atoms with Gasteiger partial charge in [0.15, 0.2) is 0 Å². The summed E-state index contributed by atoms with van der Waals surface area (Å²) < 4.78 is 0. The highest BCUT2D eigenvalue weighted by Gasteiger charge is 2.27. The average molecular weight is 311 g/mol. The Labute approximate surface area is 129 Å². The highest BCUT2D eigenvalue weighted by molar-refractivity contribution is 6.33. The van der Waals surface area contributed by atoms with Crippen LogP contribution in [0.4, 0.5) is 5.69 Å². The number of hydrogen-bond donors (Lipinski definition) is 0. The van der Waals surface area contributed by atoms with Gasteiger partial charge >= 0.3 is 0 Å². The second-order valence-corrected chi connectivity index (χ2v) is 5.74. The summed E-state index contributed by atoms with van der Waals surface area (Å²) in [5.41, 5.74) is 0.122. The number of nitro benzene ring substituents is 1. The number of carbonyl (C=O) groups excluding carboxylic acids is 1. The van der Waals surface area contributed by atoms with Gasteiger partial charge in [-0.1, -0.05) is 31.4 Å². The van der Waals surface area contributed by atoms with Crippen LogP contribution in [0.25, 0.3) is 0 Å². The number of benzene rings is 1. The van der Waals surface area contributed by atoms with Gasteiger partial charge in [-0.3, -0.25) is 14.9 Å². The molecule has 0 N–H and O–H groups in total. The van der Waals surface area contributed by atoms with E-state index >= 15 is 0 Å². The Bertz CT molecular complexity index is 548. The van der Waals surface area contributed by atoms with Crippen LogP contribution in [0, 0.1) is 10.1 Å². The lowest BCUT2D eigenvalue weighted by atomic mass is 10.1. The number of carbonyl (C=O) groups is 1. The summed E-state index contributed by atoms with van der Waals surface area (Å²) >= 11 is 6.08. The number of nitro groups is 1. The smallest absolute Gasteiger partial charge is 0.270 e. The predicted octanol–water partition coefficient (Wildman–Crippen LogP) is 4.04. The first-order chi connectivity index (χ1) is 10.0. The molecular formula is C15H19ClN2O3. The van der Waals surface area contributed by atoms with E-state index in [0.29, 0.717) is 6.54 Å². The van der Waals surface area contributed by atoms with Gasteiger partial charge in [-0.05, 0) is 25.3 Å². The van der Waals surface area contributed by atoms with Gasteiger partial charge in [-0.25, -0.2) is 0 Å². The van der Waals surface area contributed by atoms with Crippen LogP contribution in [-0.2, 0) is 0 Å². The first-order valence-electron chi connectivity index (χ1n) is 7.29. The first-order valence-corrected chi connectivity index (χ1v) is 7.67. The molecule has 0 spiro atoms. The molecule has 5 nitrogen and oxygen atoms in total. The van der Waals surface area contributed by atoms with E-state index < -0.39 is 4.92 Å². The van der Waals surface area contributed by atoms with Crippen LogP contribution in [-0.4, -0.2) is 28.3 Å². The summed E-state index contributed by atoms with van der Waals surface area (Å²) in [7, 11) is 0. The zero-order valence-corrected chi connectivity index (χ0v) is 12.8. The van der Waals surface area contributed by atoms with E-state index in [0.717, 1.165) is 32.1 Å². The largest absolute Gasteiger partial charge is 0.336 e. The Morgan fingerprint density at radius 3 is 2.86 bits per heavy atom. The molecule has 6 heteroatoms. The van der Waals surface area contributed by atoms with E-state index in [2.05, 4.69) is 6.92 Å². The van der Waals surface area contributed by atoms with Crippen LogP contribution in [0.3, 0.4) is 0 Å². The predicted molar refractivity (Wildman–Crippen MR) is 81.7 cm³/mol. The Hall–Kier alpha value is -1.62. The zero-order chi connectivity index (χ0) is 15.4. The van der Waals surface area contributed by atoms with Crippen molar-refractivity contribution in [3.63, 3.8) is 0 Å². The second kappa shape index (κ2) is 6.89. The Kier molecular flexibility index (Phi) is 5.17. The van der Waals surface area contributed by atoms with Crippen molar-refractivity contribution in [1.82, 2.24) is 4.90 Å². The Morgan fingerprint density at radius 2 is 2.19 bits per heavy atom. The molecule has 0 saturated carbocycles. The molecule has 114 valence electrons. The molecule has 1 aliphatic rings. The van der Waals surface area contributed by atoms with Crippen LogP contribution < -0.4 is 0 Å². The molecular weight excluding hydrogens is 292 g/mol. The molecule has 1 aliphatic heterocycles. The van der Waals surface area contributed by atoms with Gasteiger partial charge in [-0.15, -0.1) is 0 Å². The number of non-ortho nitro benzene ring substituents is 1. The van der Waals surface area contributed by atoms with Crippen molar-refractivity contribution in [3.05, 3.63) is 38.9 Å². The fourth-order valence-corrected chi connectivity index (χ4v) is 3.01. The molecule has 1 saturated heterocycles. The highest BCUT2D eigenvalue weighted by Crippen LogP contribution is 2.27. The second-order valence-electron chi connectivity index (χ2n) is 5.33. The van der Waals surface area contributed by atoms with Crippen LogP contribution in [0.15, 0.2) is 18.2 Å². The molecule has 0 radical (unpaired) electrons. The molecule has 1 unspecified atom stereocenters. The monoisotopic (exact) mass is 310 g/mol. The number of nitrogens with zero attached hydrogens (tertiary/aromatic N) is 2. The van der Waals surface area contributed by atoms with Crippen LogP contribution in [0.2, 0.25) is 5.02 Å². The summed E-state index contributed by atoms with van der Waals surface area (Å²) in [5, 5.41) is 11.1. The summed E-state index contributed by atoms with van der Waals surface area (Å²) in [4.78, 5) is 24.9. The molecule has 1 aromatic rings. The summed E-state index contributed by atoms with van der Waals surface area (Å²) in [6, 6.07) is 4.21. The zero-order valence-electron chi connectivity index (χ0n) is 12.0. The Balaban J connectivity index is 2.33. The maximum absolute atomic E-state index is 12.7. The third kappa shape index (κ3) is 3.53. The minimum Gasteiger partial charge on any atom is -0.336 e. The normalized spacial score (nSPS) is 19.1. The highest BCUT2D eigenvalue weighted by atomic mass is 35.5. The Morgan fingerprint density at radius 1 is 1.43 bits per heavy atom. The fourth-order valence-electron chi connectivity index (χ4n) is 2.81. The van der Waals surface area contributed by atoms with Gasteiger partial charge in [0.05, 0.1) is 15.5 Å². The van der Waals surface area contributed by atoms with Crippen LogP contribution in [0.5, 0.6) is 0 Å². The lowest BCUT2D eigenvalue weighted by Crippen LogP contribution is -2.39. The first kappa shape index (κ1) is 15.8. The molecule has 0 aliphatic carbocycles. The number of amides is 1. The van der Waals surface area contributed by atoms with Crippen LogP contribution >= 0.6 is 11.6 Å². The standard InChI is InChI=1S/C15H19ClN2O3/c1-2-11-6-4-3-5-9-17(11)15(19)13-10-12(18(20)21)7-8-14(13)16/h7-8,10-11H,2-6,9H2,1H3. The summed E-state index contributed by atoms with van der Waals surface area (Å²) in [5.74, 6) is -0.197. The third-order valence-electron chi connectivity index (χ3n) is 4.00. The lowest BCUT2D eigenvalue weighted by Gasteiger charge is -2.29. The molecule has 0 bridgehead atoms. The van der Waals surface area contributed by atoms with E-state index in [9.17, 15) is 14.9 Å². The van der Waals surface area contributed by atoms with E-state index in [1.54, 1.807) is 0 Å². The number of likely N-dealkylation sites (tertiary alicyclic amines) is 1. The minimum absolute atomic E-state index is 0.106. The number of rotatable bonds is 3. The quantitative estimate of drug-likeness (QED) is 0.625. The minimum atomic E-state index is -0.507. The maximum Gasteiger partial charge on any atom is 0.270 e. The van der Waals surface area contributed by atoms with Crippen molar-refractivity contribution < 1.29 is 9.72 Å². The van der Waals surface area contributed by atoms with Crippen molar-refractivity contribution in [2.24, 2.45) is 0 Å². The summed E-state index contributed by atoms with van der Waals surface area (Å²) in [6.45, 7) is 2.75. The van der Waals surface area contributed by atoms with Crippen molar-refractivity contribution in [1.29, 1.82) is 0 Å². The number of halogens is 1.